The predicted molar refractivity (Wildman–Crippen MR) is 72.7 cm³/mol. The molecule has 0 bridgehead atoms. The van der Waals surface area contributed by atoms with E-state index in [1.807, 2.05) is 0 Å². The molecule has 0 N–H and O–H groups in total. The number of amides is 1. The van der Waals surface area contributed by atoms with Gasteiger partial charge in [0.05, 0.1) is 0 Å². The number of benzene rings is 1. The molecule has 0 heterocycles. The van der Waals surface area contributed by atoms with Crippen LogP contribution in [0.3, 0.4) is 0 Å². The molecule has 16 heavy (non-hydrogen) atoms. The van der Waals surface area contributed by atoms with Gasteiger partial charge in [0.25, 0.3) is 5.91 Å². The second-order valence-electron chi connectivity index (χ2n) is 2.23. The molecular weight excluding hydrogens is 430 g/mol. The topological polar surface area (TPSA) is 63.6 Å². The normalized spacial score (nSPS) is 9.00. The molecule has 1 rings (SSSR count). The Morgan fingerprint density at radius 2 is 1.56 bits per heavy atom. The average Bonchev–Trinajstić information content (AvgIpc) is 2.17. The molecule has 88 valence electrons. The maximum atomic E-state index is 10.9. The second-order valence-corrected chi connectivity index (χ2v) is 9.28. The SMILES string of the molecule is BrC(Br)Br.O=C(N=S(=O)=O)c1ccccc1. The summed E-state index contributed by atoms with van der Waals surface area (Å²) in [6.07, 6.45) is 0. The molecule has 1 aromatic rings. The van der Waals surface area contributed by atoms with Gasteiger partial charge in [-0.05, 0) is 12.1 Å². The van der Waals surface area contributed by atoms with Crippen LogP contribution in [0.15, 0.2) is 34.7 Å². The third kappa shape index (κ3) is 9.20. The zero-order valence-electron chi connectivity index (χ0n) is 7.68. The van der Waals surface area contributed by atoms with Gasteiger partial charge in [0, 0.05) is 5.56 Å². The summed E-state index contributed by atoms with van der Waals surface area (Å²) in [4.78, 5) is 10.9. The molecule has 4 nitrogen and oxygen atoms in total. The highest BCUT2D eigenvalue weighted by Crippen LogP contribution is 2.13. The molecule has 0 radical (unpaired) electrons. The predicted octanol–water partition coefficient (Wildman–Crippen LogP) is 3.34. The first-order chi connectivity index (χ1) is 7.43. The van der Waals surface area contributed by atoms with Gasteiger partial charge in [-0.15, -0.1) is 0 Å². The number of rotatable bonds is 1. The smallest absolute Gasteiger partial charge is 0.266 e. The van der Waals surface area contributed by atoms with Gasteiger partial charge in [-0.1, -0.05) is 70.4 Å². The summed E-state index contributed by atoms with van der Waals surface area (Å²) < 4.78 is 23.1. The molecule has 0 unspecified atom stereocenters. The Morgan fingerprint density at radius 1 is 1.12 bits per heavy atom. The first-order valence-corrected chi connectivity index (χ1v) is 7.54. The van der Waals surface area contributed by atoms with Crippen molar-refractivity contribution in [2.75, 3.05) is 0 Å². The van der Waals surface area contributed by atoms with Crippen molar-refractivity contribution in [3.05, 3.63) is 35.9 Å². The lowest BCUT2D eigenvalue weighted by Crippen LogP contribution is -1.92. The van der Waals surface area contributed by atoms with Crippen LogP contribution in [-0.4, -0.2) is 17.0 Å². The number of hydrogen-bond donors (Lipinski definition) is 0. The van der Waals surface area contributed by atoms with Crippen LogP contribution < -0.4 is 0 Å². The average molecular weight is 436 g/mol. The van der Waals surface area contributed by atoms with Crippen LogP contribution in [0.5, 0.6) is 0 Å². The van der Waals surface area contributed by atoms with Crippen molar-refractivity contribution in [3.8, 4) is 0 Å². The molecule has 1 amide bonds. The van der Waals surface area contributed by atoms with Crippen molar-refractivity contribution < 1.29 is 13.2 Å². The highest BCUT2D eigenvalue weighted by Gasteiger charge is 2.01. The third-order valence-electron chi connectivity index (χ3n) is 1.18. The maximum absolute atomic E-state index is 10.9. The first-order valence-electron chi connectivity index (χ1n) is 3.76. The Labute approximate surface area is 120 Å². The maximum Gasteiger partial charge on any atom is 0.319 e. The van der Waals surface area contributed by atoms with Crippen LogP contribution >= 0.6 is 47.8 Å². The molecule has 0 aliphatic heterocycles. The van der Waals surface area contributed by atoms with E-state index in [-0.39, 0.29) is 8.21 Å². The van der Waals surface area contributed by atoms with Crippen LogP contribution in [0.25, 0.3) is 0 Å². The molecule has 0 saturated carbocycles. The van der Waals surface area contributed by atoms with Crippen molar-refractivity contribution in [1.29, 1.82) is 0 Å². The lowest BCUT2D eigenvalue weighted by atomic mass is 10.2. The summed E-state index contributed by atoms with van der Waals surface area (Å²) in [6.45, 7) is 0. The standard InChI is InChI=1S/C7H5NO3S.CHBr3/c9-7(8-12(10)11)6-4-2-1-3-5-6;2-1(3)4/h1-5H;1H. The Morgan fingerprint density at radius 3 is 1.94 bits per heavy atom. The van der Waals surface area contributed by atoms with Gasteiger partial charge in [0.1, 0.15) is 2.65 Å². The molecule has 0 atom stereocenters. The van der Waals surface area contributed by atoms with Crippen LogP contribution in [0.1, 0.15) is 10.4 Å². The second kappa shape index (κ2) is 9.03. The van der Waals surface area contributed by atoms with Crippen molar-refractivity contribution >= 4 is 64.2 Å². The minimum absolute atomic E-state index is 0.265. The van der Waals surface area contributed by atoms with E-state index >= 15 is 0 Å². The summed E-state index contributed by atoms with van der Waals surface area (Å²) >= 11 is 9.31. The highest BCUT2D eigenvalue weighted by molar-refractivity contribution is 9.38. The lowest BCUT2D eigenvalue weighted by Gasteiger charge is -1.88. The van der Waals surface area contributed by atoms with Gasteiger partial charge in [0.2, 0.25) is 0 Å². The van der Waals surface area contributed by atoms with Gasteiger partial charge in [-0.25, -0.2) is 0 Å². The zero-order valence-corrected chi connectivity index (χ0v) is 13.3. The summed E-state index contributed by atoms with van der Waals surface area (Å²) in [6, 6.07) is 8.00. The number of carbonyl (C=O) groups excluding carboxylic acids is 1. The van der Waals surface area contributed by atoms with Crippen LogP contribution in [0.4, 0.5) is 0 Å². The largest absolute Gasteiger partial charge is 0.319 e. The lowest BCUT2D eigenvalue weighted by molar-refractivity contribution is 0.100. The summed E-state index contributed by atoms with van der Waals surface area (Å²) in [5, 5.41) is 0. The van der Waals surface area contributed by atoms with Crippen LogP contribution in [-0.2, 0) is 10.5 Å². The minimum Gasteiger partial charge on any atom is -0.266 e. The number of alkyl halides is 3. The van der Waals surface area contributed by atoms with Crippen LogP contribution in [0.2, 0.25) is 0 Å². The molecule has 0 spiro atoms. The first kappa shape index (κ1) is 16.0. The molecule has 0 aliphatic carbocycles. The highest BCUT2D eigenvalue weighted by atomic mass is 80.0. The van der Waals surface area contributed by atoms with E-state index in [9.17, 15) is 13.2 Å². The molecular formula is C8H6Br3NO3S. The van der Waals surface area contributed by atoms with Gasteiger partial charge >= 0.3 is 10.5 Å². The van der Waals surface area contributed by atoms with Crippen molar-refractivity contribution in [2.24, 2.45) is 4.36 Å². The fourth-order valence-electron chi connectivity index (χ4n) is 0.701. The third-order valence-corrected chi connectivity index (χ3v) is 1.49. The van der Waals surface area contributed by atoms with E-state index in [0.29, 0.717) is 0 Å². The Bertz CT molecular complexity index is 448. The molecule has 0 fully saturated rings. The number of halogens is 3. The molecule has 8 heteroatoms. The number of carbonyl (C=O) groups is 1. The van der Waals surface area contributed by atoms with Gasteiger partial charge in [-0.3, -0.25) is 4.79 Å². The molecule has 1 aromatic carbocycles. The van der Waals surface area contributed by atoms with Gasteiger partial charge < -0.3 is 0 Å². The Kier molecular flexibility index (Phi) is 9.00. The summed E-state index contributed by atoms with van der Waals surface area (Å²) in [5.74, 6) is -0.746. The Hall–Kier alpha value is -0.0500. The van der Waals surface area contributed by atoms with E-state index in [4.69, 9.17) is 0 Å². The molecule has 0 aliphatic rings. The van der Waals surface area contributed by atoms with Crippen molar-refractivity contribution in [1.82, 2.24) is 0 Å². The van der Waals surface area contributed by atoms with Crippen molar-refractivity contribution in [3.63, 3.8) is 0 Å². The number of nitrogens with zero attached hydrogens (tertiary/aromatic N) is 1. The molecule has 0 saturated heterocycles. The van der Waals surface area contributed by atoms with Crippen LogP contribution in [0, 0.1) is 0 Å². The molecule has 0 aromatic heterocycles. The van der Waals surface area contributed by atoms with E-state index < -0.39 is 16.4 Å². The summed E-state index contributed by atoms with van der Waals surface area (Å²) in [7, 11) is -2.67. The minimum atomic E-state index is -2.67. The van der Waals surface area contributed by atoms with E-state index in [2.05, 4.69) is 52.2 Å². The monoisotopic (exact) mass is 433 g/mol. The van der Waals surface area contributed by atoms with E-state index in [0.717, 1.165) is 0 Å². The quantitative estimate of drug-likeness (QED) is 0.635. The fraction of sp³-hybridized carbons (Fsp3) is 0.125. The Balaban J connectivity index is 0.000000487. The van der Waals surface area contributed by atoms with Gasteiger partial charge in [0.15, 0.2) is 0 Å². The fourth-order valence-corrected chi connectivity index (χ4v) is 0.942. The summed E-state index contributed by atoms with van der Waals surface area (Å²) in [5.41, 5.74) is 0.265. The van der Waals surface area contributed by atoms with E-state index in [1.54, 1.807) is 18.2 Å². The van der Waals surface area contributed by atoms with Crippen molar-refractivity contribution in [2.45, 2.75) is 2.65 Å². The number of hydrogen-bond acceptors (Lipinski definition) is 3. The van der Waals surface area contributed by atoms with E-state index in [1.165, 1.54) is 12.1 Å². The van der Waals surface area contributed by atoms with Gasteiger partial charge in [-0.2, -0.15) is 8.42 Å². The zero-order chi connectivity index (χ0) is 12.6.